The quantitative estimate of drug-likeness (QED) is 0.761. The molecule has 1 aliphatic heterocycles. The predicted octanol–water partition coefficient (Wildman–Crippen LogP) is 3.23. The maximum Gasteiger partial charge on any atom is 0.321 e. The summed E-state index contributed by atoms with van der Waals surface area (Å²) >= 11 is 1.21. The lowest BCUT2D eigenvalue weighted by molar-refractivity contribution is 0.248. The number of nitrogens with one attached hydrogen (secondary N) is 2. The summed E-state index contributed by atoms with van der Waals surface area (Å²) < 4.78 is 53.6. The number of urea groups is 1. The molecule has 2 aliphatic rings. The Morgan fingerprint density at radius 2 is 1.86 bits per heavy atom. The first-order valence-corrected chi connectivity index (χ1v) is 11.6. The summed E-state index contributed by atoms with van der Waals surface area (Å²) in [7, 11) is -4.05. The standard InChI is InChI=1S/C18H20F2N4O3S2/c19-11-7-12(20)9-14(8-11)29(26,27)24-6-5-15-16(10-24)28-18(22-15)23-17(25)21-13-3-1-2-4-13/h7-9,13H,1-6,10H2,(H2,21,22,23,25). The zero-order valence-electron chi connectivity index (χ0n) is 15.5. The summed E-state index contributed by atoms with van der Waals surface area (Å²) in [5.41, 5.74) is 0.725. The lowest BCUT2D eigenvalue weighted by Crippen LogP contribution is -2.36. The lowest BCUT2D eigenvalue weighted by atomic mass is 10.2. The normalized spacial score (nSPS) is 17.9. The third-order valence-corrected chi connectivity index (χ3v) is 7.90. The van der Waals surface area contributed by atoms with E-state index in [1.165, 1.54) is 15.6 Å². The van der Waals surface area contributed by atoms with Gasteiger partial charge in [0.2, 0.25) is 10.0 Å². The fourth-order valence-electron chi connectivity index (χ4n) is 3.65. The van der Waals surface area contributed by atoms with Crippen LogP contribution in [0.3, 0.4) is 0 Å². The highest BCUT2D eigenvalue weighted by atomic mass is 32.2. The van der Waals surface area contributed by atoms with Crippen molar-refractivity contribution in [1.82, 2.24) is 14.6 Å². The number of thiazole rings is 1. The van der Waals surface area contributed by atoms with E-state index in [9.17, 15) is 22.0 Å². The first-order chi connectivity index (χ1) is 13.8. The molecule has 1 saturated carbocycles. The third kappa shape index (κ3) is 4.41. The molecular weight excluding hydrogens is 422 g/mol. The molecule has 0 spiro atoms. The van der Waals surface area contributed by atoms with E-state index in [0.29, 0.717) is 22.5 Å². The maximum absolute atomic E-state index is 13.5. The van der Waals surface area contributed by atoms with Crippen molar-refractivity contribution in [3.8, 4) is 0 Å². The van der Waals surface area contributed by atoms with Gasteiger partial charge < -0.3 is 5.32 Å². The van der Waals surface area contributed by atoms with Crippen LogP contribution in [0.25, 0.3) is 0 Å². The fraction of sp³-hybridized carbons (Fsp3) is 0.444. The lowest BCUT2D eigenvalue weighted by Gasteiger charge is -2.25. The van der Waals surface area contributed by atoms with Gasteiger partial charge in [0.15, 0.2) is 5.13 Å². The van der Waals surface area contributed by atoms with Gasteiger partial charge in [-0.3, -0.25) is 5.32 Å². The van der Waals surface area contributed by atoms with E-state index in [4.69, 9.17) is 0 Å². The van der Waals surface area contributed by atoms with Gasteiger partial charge in [-0.05, 0) is 25.0 Å². The van der Waals surface area contributed by atoms with Crippen molar-refractivity contribution >= 4 is 32.5 Å². The second-order valence-electron chi connectivity index (χ2n) is 7.16. The molecule has 1 aromatic carbocycles. The molecule has 156 valence electrons. The van der Waals surface area contributed by atoms with Crippen molar-refractivity contribution in [2.24, 2.45) is 0 Å². The first kappa shape index (κ1) is 20.2. The van der Waals surface area contributed by atoms with E-state index in [1.54, 1.807) is 0 Å². The molecular formula is C18H20F2N4O3S2. The Balaban J connectivity index is 1.46. The highest BCUT2D eigenvalue weighted by Gasteiger charge is 2.31. The van der Waals surface area contributed by atoms with Gasteiger partial charge in [-0.25, -0.2) is 27.0 Å². The number of hydrogen-bond acceptors (Lipinski definition) is 5. The number of amides is 2. The summed E-state index contributed by atoms with van der Waals surface area (Å²) in [5.74, 6) is -1.89. The van der Waals surface area contributed by atoms with Crippen molar-refractivity contribution in [1.29, 1.82) is 0 Å². The highest BCUT2D eigenvalue weighted by molar-refractivity contribution is 7.89. The Labute approximate surface area is 171 Å². The van der Waals surface area contributed by atoms with Gasteiger partial charge in [-0.2, -0.15) is 4.31 Å². The Morgan fingerprint density at radius 1 is 1.17 bits per heavy atom. The molecule has 2 N–H and O–H groups in total. The van der Waals surface area contributed by atoms with Crippen LogP contribution in [0.4, 0.5) is 18.7 Å². The van der Waals surface area contributed by atoms with Gasteiger partial charge in [-0.1, -0.05) is 24.2 Å². The number of nitrogens with zero attached hydrogens (tertiary/aromatic N) is 2. The molecule has 0 radical (unpaired) electrons. The summed E-state index contributed by atoms with van der Waals surface area (Å²) in [6, 6.07) is 2.10. The summed E-state index contributed by atoms with van der Waals surface area (Å²) in [6.45, 7) is 0.185. The van der Waals surface area contributed by atoms with Crippen molar-refractivity contribution < 1.29 is 22.0 Å². The van der Waals surface area contributed by atoms with Gasteiger partial charge in [0.25, 0.3) is 0 Å². The van der Waals surface area contributed by atoms with Crippen molar-refractivity contribution in [2.75, 3.05) is 11.9 Å². The zero-order valence-corrected chi connectivity index (χ0v) is 17.1. The average molecular weight is 443 g/mol. The number of aromatic nitrogens is 1. The van der Waals surface area contributed by atoms with Gasteiger partial charge in [-0.15, -0.1) is 0 Å². The Hall–Kier alpha value is -2.11. The minimum Gasteiger partial charge on any atom is -0.335 e. The van der Waals surface area contributed by atoms with E-state index in [0.717, 1.165) is 43.5 Å². The summed E-state index contributed by atoms with van der Waals surface area (Å²) in [6.07, 6.45) is 4.51. The van der Waals surface area contributed by atoms with Gasteiger partial charge in [0.05, 0.1) is 17.1 Å². The smallest absolute Gasteiger partial charge is 0.321 e. The predicted molar refractivity (Wildman–Crippen MR) is 104 cm³/mol. The molecule has 2 aromatic rings. The number of carbonyl (C=O) groups is 1. The molecule has 4 rings (SSSR count). The van der Waals surface area contributed by atoms with Crippen LogP contribution in [-0.2, 0) is 23.0 Å². The second-order valence-corrected chi connectivity index (χ2v) is 10.2. The van der Waals surface area contributed by atoms with Crippen molar-refractivity contribution in [3.63, 3.8) is 0 Å². The van der Waals surface area contributed by atoms with E-state index in [2.05, 4.69) is 15.6 Å². The summed E-state index contributed by atoms with van der Waals surface area (Å²) in [5, 5.41) is 6.03. The molecule has 29 heavy (non-hydrogen) atoms. The largest absolute Gasteiger partial charge is 0.335 e. The second kappa shape index (κ2) is 7.96. The van der Waals surface area contributed by atoms with Crippen LogP contribution in [-0.4, -0.2) is 36.3 Å². The number of hydrogen-bond donors (Lipinski definition) is 2. The Bertz CT molecular complexity index is 1020. The summed E-state index contributed by atoms with van der Waals surface area (Å²) in [4.78, 5) is 16.8. The first-order valence-electron chi connectivity index (χ1n) is 9.33. The topological polar surface area (TPSA) is 91.4 Å². The van der Waals surface area contributed by atoms with E-state index >= 15 is 0 Å². The molecule has 0 saturated heterocycles. The molecule has 0 atom stereocenters. The molecule has 2 heterocycles. The molecule has 0 bridgehead atoms. The number of benzene rings is 1. The van der Waals surface area contributed by atoms with Crippen LogP contribution in [0.1, 0.15) is 36.3 Å². The Morgan fingerprint density at radius 3 is 2.55 bits per heavy atom. The van der Waals surface area contributed by atoms with E-state index < -0.39 is 26.6 Å². The third-order valence-electron chi connectivity index (χ3n) is 5.08. The average Bonchev–Trinajstić information content (AvgIpc) is 3.29. The molecule has 1 aromatic heterocycles. The minimum absolute atomic E-state index is 0.0411. The molecule has 1 aliphatic carbocycles. The molecule has 1 fully saturated rings. The van der Waals surface area contributed by atoms with Crippen LogP contribution in [0.2, 0.25) is 0 Å². The molecule has 7 nitrogen and oxygen atoms in total. The van der Waals surface area contributed by atoms with Gasteiger partial charge >= 0.3 is 6.03 Å². The van der Waals surface area contributed by atoms with Crippen LogP contribution in [0, 0.1) is 11.6 Å². The monoisotopic (exact) mass is 442 g/mol. The number of anilines is 1. The number of carbonyl (C=O) groups excluding carboxylic acids is 1. The Kier molecular flexibility index (Phi) is 5.54. The number of halogens is 2. The van der Waals surface area contributed by atoms with Crippen LogP contribution >= 0.6 is 11.3 Å². The number of sulfonamides is 1. The van der Waals surface area contributed by atoms with Crippen LogP contribution in [0.5, 0.6) is 0 Å². The molecule has 2 amide bonds. The van der Waals surface area contributed by atoms with E-state index in [-0.39, 0.29) is 25.2 Å². The highest BCUT2D eigenvalue weighted by Crippen LogP contribution is 2.31. The van der Waals surface area contributed by atoms with Crippen LogP contribution in [0.15, 0.2) is 23.1 Å². The minimum atomic E-state index is -4.05. The van der Waals surface area contributed by atoms with E-state index in [1.807, 2.05) is 0 Å². The zero-order chi connectivity index (χ0) is 20.6. The SMILES string of the molecule is O=C(Nc1nc2c(s1)CN(S(=O)(=O)c1cc(F)cc(F)c1)CC2)NC1CCCC1. The fourth-order valence-corrected chi connectivity index (χ4v) is 6.20. The van der Waals surface area contributed by atoms with Crippen molar-refractivity contribution in [2.45, 2.75) is 49.6 Å². The number of rotatable bonds is 4. The molecule has 11 heteroatoms. The van der Waals surface area contributed by atoms with Crippen LogP contribution < -0.4 is 10.6 Å². The van der Waals surface area contributed by atoms with Crippen molar-refractivity contribution in [3.05, 3.63) is 40.4 Å². The molecule has 0 unspecified atom stereocenters. The van der Waals surface area contributed by atoms with Gasteiger partial charge in [0, 0.05) is 30.0 Å². The number of fused-ring (bicyclic) bond motifs is 1. The van der Waals surface area contributed by atoms with Gasteiger partial charge in [0.1, 0.15) is 11.6 Å². The maximum atomic E-state index is 13.5.